The Morgan fingerprint density at radius 1 is 1.40 bits per heavy atom. The van der Waals surface area contributed by atoms with Crippen molar-refractivity contribution >= 4 is 15.9 Å². The third-order valence-corrected chi connectivity index (χ3v) is 3.28. The zero-order valence-electron chi connectivity index (χ0n) is 11.3. The summed E-state index contributed by atoms with van der Waals surface area (Å²) in [6, 6.07) is 4.88. The second kappa shape index (κ2) is 8.25. The lowest BCUT2D eigenvalue weighted by Gasteiger charge is -2.10. The van der Waals surface area contributed by atoms with Crippen LogP contribution in [0.1, 0.15) is 31.4 Å². The summed E-state index contributed by atoms with van der Waals surface area (Å²) in [6.07, 6.45) is 0.692. The molecule has 0 saturated carbocycles. The highest BCUT2D eigenvalue weighted by molar-refractivity contribution is 9.10. The molecule has 1 aromatic rings. The van der Waals surface area contributed by atoms with E-state index in [0.29, 0.717) is 18.4 Å². The molecule has 0 heterocycles. The highest BCUT2D eigenvalue weighted by Crippen LogP contribution is 2.29. The van der Waals surface area contributed by atoms with Gasteiger partial charge in [-0.3, -0.25) is 0 Å². The van der Waals surface area contributed by atoms with Gasteiger partial charge in [0, 0.05) is 22.9 Å². The molecule has 0 unspecified atom stereocenters. The van der Waals surface area contributed by atoms with Crippen molar-refractivity contribution in [1.82, 2.24) is 0 Å². The molecular formula is C15H19BrO4. The average molecular weight is 343 g/mol. The normalized spacial score (nSPS) is 13.4. The van der Waals surface area contributed by atoms with Crippen molar-refractivity contribution in [3.05, 3.63) is 45.6 Å². The first-order valence-electron chi connectivity index (χ1n) is 6.30. The molecule has 0 bridgehead atoms. The van der Waals surface area contributed by atoms with Crippen molar-refractivity contribution in [2.24, 2.45) is 0 Å². The van der Waals surface area contributed by atoms with Gasteiger partial charge in [0.1, 0.15) is 5.75 Å². The lowest BCUT2D eigenvalue weighted by atomic mass is 10.0. The van der Waals surface area contributed by atoms with E-state index in [1.165, 1.54) is 6.07 Å². The standard InChI is InChI=1S/C15H19BrO4/c1-10(7-12(18)9-17)3-2-4-14(19)13-8-11(16)5-6-15(13)20/h2,5-6,8,12,14,17-20H,4,7,9H2,1H3/t3?,12-,14-/m1/s1. The fraction of sp³-hybridized carbons (Fsp3) is 0.400. The van der Waals surface area contributed by atoms with E-state index in [9.17, 15) is 15.3 Å². The van der Waals surface area contributed by atoms with Gasteiger partial charge in [0.25, 0.3) is 0 Å². The SMILES string of the molecule is CC(=C=CC[C@@H](O)c1cc(Br)ccc1O)C[C@@H](O)CO. The largest absolute Gasteiger partial charge is 0.508 e. The highest BCUT2D eigenvalue weighted by atomic mass is 79.9. The topological polar surface area (TPSA) is 80.9 Å². The fourth-order valence-corrected chi connectivity index (χ4v) is 2.12. The minimum absolute atomic E-state index is 0.0468. The summed E-state index contributed by atoms with van der Waals surface area (Å²) >= 11 is 3.29. The Labute approximate surface area is 126 Å². The van der Waals surface area contributed by atoms with Crippen LogP contribution in [-0.4, -0.2) is 33.1 Å². The molecular weight excluding hydrogens is 324 g/mol. The summed E-state index contributed by atoms with van der Waals surface area (Å²) < 4.78 is 0.783. The molecule has 0 aliphatic rings. The maximum absolute atomic E-state index is 10.0. The number of benzene rings is 1. The highest BCUT2D eigenvalue weighted by Gasteiger charge is 2.11. The first kappa shape index (κ1) is 17.0. The van der Waals surface area contributed by atoms with Gasteiger partial charge in [0.05, 0.1) is 18.8 Å². The summed E-state index contributed by atoms with van der Waals surface area (Å²) in [4.78, 5) is 0. The Bertz CT molecular complexity index is 507. The average Bonchev–Trinajstić information content (AvgIpc) is 2.41. The van der Waals surface area contributed by atoms with Gasteiger partial charge in [-0.1, -0.05) is 15.9 Å². The van der Waals surface area contributed by atoms with Crippen LogP contribution in [0.4, 0.5) is 0 Å². The lowest BCUT2D eigenvalue weighted by molar-refractivity contribution is 0.0955. The van der Waals surface area contributed by atoms with Gasteiger partial charge in [0.15, 0.2) is 0 Å². The molecule has 2 atom stereocenters. The van der Waals surface area contributed by atoms with Gasteiger partial charge in [-0.05, 0) is 36.8 Å². The van der Waals surface area contributed by atoms with Crippen molar-refractivity contribution in [1.29, 1.82) is 0 Å². The Balaban J connectivity index is 2.69. The lowest BCUT2D eigenvalue weighted by Crippen LogP contribution is -2.11. The van der Waals surface area contributed by atoms with Crippen molar-refractivity contribution in [3.63, 3.8) is 0 Å². The number of hydrogen-bond donors (Lipinski definition) is 4. The Morgan fingerprint density at radius 3 is 2.75 bits per heavy atom. The number of hydrogen-bond acceptors (Lipinski definition) is 4. The van der Waals surface area contributed by atoms with E-state index in [-0.39, 0.29) is 12.4 Å². The predicted octanol–water partition coefficient (Wildman–Crippen LogP) is 2.42. The molecule has 0 radical (unpaired) electrons. The number of rotatable bonds is 6. The fourth-order valence-electron chi connectivity index (χ4n) is 1.74. The molecule has 1 rings (SSSR count). The molecule has 0 spiro atoms. The molecule has 4 N–H and O–H groups in total. The molecule has 0 aliphatic carbocycles. The Kier molecular flexibility index (Phi) is 6.99. The number of halogens is 1. The van der Waals surface area contributed by atoms with Gasteiger partial charge >= 0.3 is 0 Å². The van der Waals surface area contributed by atoms with E-state index in [0.717, 1.165) is 10.0 Å². The molecule has 110 valence electrons. The summed E-state index contributed by atoms with van der Waals surface area (Å²) in [5.74, 6) is 0.0468. The third-order valence-electron chi connectivity index (χ3n) is 2.79. The predicted molar refractivity (Wildman–Crippen MR) is 80.4 cm³/mol. The molecule has 0 aromatic heterocycles. The number of phenols is 1. The summed E-state index contributed by atoms with van der Waals surface area (Å²) in [5.41, 5.74) is 4.19. The Hall–Kier alpha value is -1.10. The third kappa shape index (κ3) is 5.49. The molecule has 20 heavy (non-hydrogen) atoms. The van der Waals surface area contributed by atoms with Crippen molar-refractivity contribution in [2.45, 2.75) is 32.0 Å². The zero-order valence-corrected chi connectivity index (χ0v) is 12.8. The number of phenolic OH excluding ortho intramolecular Hbond substituents is 1. The molecule has 0 aliphatic heterocycles. The van der Waals surface area contributed by atoms with Gasteiger partial charge in [-0.25, -0.2) is 0 Å². The maximum Gasteiger partial charge on any atom is 0.121 e. The minimum Gasteiger partial charge on any atom is -0.508 e. The second-order valence-electron chi connectivity index (χ2n) is 4.62. The monoisotopic (exact) mass is 342 g/mol. The summed E-state index contributed by atoms with van der Waals surface area (Å²) in [7, 11) is 0. The van der Waals surface area contributed by atoms with Crippen LogP contribution in [0.15, 0.2) is 40.1 Å². The number of aliphatic hydroxyl groups is 3. The van der Waals surface area contributed by atoms with E-state index in [4.69, 9.17) is 5.11 Å². The summed E-state index contributed by atoms with van der Waals surface area (Å²) in [6.45, 7) is 1.51. The molecule has 0 saturated heterocycles. The molecule has 0 fully saturated rings. The van der Waals surface area contributed by atoms with Gasteiger partial charge in [-0.15, -0.1) is 5.73 Å². The molecule has 1 aromatic carbocycles. The molecule has 4 nitrogen and oxygen atoms in total. The maximum atomic E-state index is 10.0. The van der Waals surface area contributed by atoms with Crippen LogP contribution in [0, 0.1) is 0 Å². The number of aromatic hydroxyl groups is 1. The van der Waals surface area contributed by atoms with Crippen molar-refractivity contribution < 1.29 is 20.4 Å². The van der Waals surface area contributed by atoms with Crippen LogP contribution in [-0.2, 0) is 0 Å². The van der Waals surface area contributed by atoms with Crippen LogP contribution >= 0.6 is 15.9 Å². The van der Waals surface area contributed by atoms with Gasteiger partial charge in [0.2, 0.25) is 0 Å². The van der Waals surface area contributed by atoms with E-state index in [1.807, 2.05) is 0 Å². The van der Waals surface area contributed by atoms with Gasteiger partial charge in [-0.2, -0.15) is 0 Å². The second-order valence-corrected chi connectivity index (χ2v) is 5.54. The van der Waals surface area contributed by atoms with E-state index >= 15 is 0 Å². The number of aliphatic hydroxyl groups excluding tert-OH is 3. The van der Waals surface area contributed by atoms with E-state index in [1.54, 1.807) is 25.1 Å². The van der Waals surface area contributed by atoms with Crippen LogP contribution < -0.4 is 0 Å². The zero-order chi connectivity index (χ0) is 15.1. The first-order chi connectivity index (χ1) is 9.43. The van der Waals surface area contributed by atoms with E-state index < -0.39 is 12.2 Å². The van der Waals surface area contributed by atoms with Crippen LogP contribution in [0.5, 0.6) is 5.75 Å². The quantitative estimate of drug-likeness (QED) is 0.598. The summed E-state index contributed by atoms with van der Waals surface area (Å²) in [5, 5.41) is 37.7. The molecule has 5 heteroatoms. The van der Waals surface area contributed by atoms with Crippen molar-refractivity contribution in [3.8, 4) is 5.75 Å². The van der Waals surface area contributed by atoms with Crippen LogP contribution in [0.25, 0.3) is 0 Å². The first-order valence-corrected chi connectivity index (χ1v) is 7.09. The Morgan fingerprint density at radius 2 is 2.10 bits per heavy atom. The minimum atomic E-state index is -0.824. The molecule has 0 amide bonds. The van der Waals surface area contributed by atoms with Crippen LogP contribution in [0.3, 0.4) is 0 Å². The van der Waals surface area contributed by atoms with E-state index in [2.05, 4.69) is 21.7 Å². The van der Waals surface area contributed by atoms with Crippen molar-refractivity contribution in [2.75, 3.05) is 6.61 Å². The van der Waals surface area contributed by atoms with Crippen LogP contribution in [0.2, 0.25) is 0 Å². The smallest absolute Gasteiger partial charge is 0.121 e. The van der Waals surface area contributed by atoms with Gasteiger partial charge < -0.3 is 20.4 Å².